The first-order valence-electron chi connectivity index (χ1n) is 11.6. The van der Waals surface area contributed by atoms with Gasteiger partial charge in [-0.3, -0.25) is 9.59 Å². The number of likely N-dealkylation sites (tertiary alicyclic amines) is 1. The number of Topliss-reactive ketones (excluding diaryl/α,β-unsaturated/α-hetero) is 1. The quantitative estimate of drug-likeness (QED) is 0.365. The number of aliphatic hydroxyl groups excluding tert-OH is 1. The van der Waals surface area contributed by atoms with E-state index in [2.05, 4.69) is 0 Å². The Morgan fingerprint density at radius 1 is 1.21 bits per heavy atom. The molecule has 2 heterocycles. The Morgan fingerprint density at radius 2 is 2.00 bits per heavy atom. The van der Waals surface area contributed by atoms with Crippen LogP contribution in [0.4, 0.5) is 0 Å². The fourth-order valence-electron chi connectivity index (χ4n) is 4.54. The Kier molecular flexibility index (Phi) is 6.45. The van der Waals surface area contributed by atoms with E-state index in [1.54, 1.807) is 11.0 Å². The maximum absolute atomic E-state index is 13.2. The van der Waals surface area contributed by atoms with Gasteiger partial charge in [0.1, 0.15) is 23.4 Å². The SMILES string of the molecule is CCCCN1C(=O)C(=O)/C(=C(\O)c2ccc3c(c2)CC(C)O3)C1c1cccc(OC(C)C)c1. The number of carbonyl (C=O) groups is 2. The third-order valence-electron chi connectivity index (χ3n) is 6.01. The standard InChI is InChI=1S/C27H31NO5/c1-5-6-12-28-24(18-8-7-9-21(15-18)32-16(2)3)23(26(30)27(28)31)25(29)19-10-11-22-20(14-19)13-17(4)33-22/h7-11,14-17,24,29H,5-6,12-13H2,1-4H3/b25-23-. The summed E-state index contributed by atoms with van der Waals surface area (Å²) < 4.78 is 11.6. The van der Waals surface area contributed by atoms with Crippen LogP contribution in [0.5, 0.6) is 11.5 Å². The van der Waals surface area contributed by atoms with Gasteiger partial charge in [-0.25, -0.2) is 0 Å². The predicted octanol–water partition coefficient (Wildman–Crippen LogP) is 5.02. The van der Waals surface area contributed by atoms with Crippen LogP contribution in [0.25, 0.3) is 5.76 Å². The predicted molar refractivity (Wildman–Crippen MR) is 126 cm³/mol. The second-order valence-corrected chi connectivity index (χ2v) is 9.04. The van der Waals surface area contributed by atoms with Gasteiger partial charge >= 0.3 is 0 Å². The minimum absolute atomic E-state index is 0.0114. The third-order valence-corrected chi connectivity index (χ3v) is 6.01. The number of unbranched alkanes of at least 4 members (excludes halogenated alkanes) is 1. The maximum Gasteiger partial charge on any atom is 0.295 e. The molecule has 0 aliphatic carbocycles. The first-order valence-corrected chi connectivity index (χ1v) is 11.6. The van der Waals surface area contributed by atoms with Crippen molar-refractivity contribution in [3.05, 3.63) is 64.7 Å². The average Bonchev–Trinajstić information content (AvgIpc) is 3.27. The molecule has 33 heavy (non-hydrogen) atoms. The number of benzene rings is 2. The topological polar surface area (TPSA) is 76.1 Å². The first kappa shape index (κ1) is 22.9. The summed E-state index contributed by atoms with van der Waals surface area (Å²) >= 11 is 0. The number of ketones is 1. The molecule has 1 saturated heterocycles. The van der Waals surface area contributed by atoms with Crippen molar-refractivity contribution >= 4 is 17.4 Å². The molecule has 2 unspecified atom stereocenters. The molecular formula is C27H31NO5. The van der Waals surface area contributed by atoms with Gasteiger partial charge in [-0.1, -0.05) is 25.5 Å². The monoisotopic (exact) mass is 449 g/mol. The molecular weight excluding hydrogens is 418 g/mol. The van der Waals surface area contributed by atoms with Crippen LogP contribution in [0.2, 0.25) is 0 Å². The van der Waals surface area contributed by atoms with Gasteiger partial charge in [0.2, 0.25) is 0 Å². The van der Waals surface area contributed by atoms with E-state index in [4.69, 9.17) is 9.47 Å². The number of hydrogen-bond acceptors (Lipinski definition) is 5. The summed E-state index contributed by atoms with van der Waals surface area (Å²) in [4.78, 5) is 27.7. The second-order valence-electron chi connectivity index (χ2n) is 9.04. The molecule has 0 radical (unpaired) electrons. The highest BCUT2D eigenvalue weighted by molar-refractivity contribution is 6.46. The summed E-state index contributed by atoms with van der Waals surface area (Å²) in [5.74, 6) is 0.0526. The molecule has 2 atom stereocenters. The molecule has 1 N–H and O–H groups in total. The Bertz CT molecular complexity index is 1100. The molecule has 0 spiro atoms. The van der Waals surface area contributed by atoms with Gasteiger partial charge in [-0.2, -0.15) is 0 Å². The molecule has 2 aromatic carbocycles. The van der Waals surface area contributed by atoms with E-state index in [-0.39, 0.29) is 23.5 Å². The zero-order valence-corrected chi connectivity index (χ0v) is 19.6. The molecule has 2 aromatic rings. The Labute approximate surface area is 194 Å². The van der Waals surface area contributed by atoms with Crippen molar-refractivity contribution < 1.29 is 24.2 Å². The summed E-state index contributed by atoms with van der Waals surface area (Å²) in [6.07, 6.45) is 2.44. The Balaban J connectivity index is 1.82. The zero-order valence-electron chi connectivity index (χ0n) is 19.6. The van der Waals surface area contributed by atoms with Gasteiger partial charge in [-0.05, 0) is 68.7 Å². The summed E-state index contributed by atoms with van der Waals surface area (Å²) in [5.41, 5.74) is 2.35. The number of ether oxygens (including phenoxy) is 2. The van der Waals surface area contributed by atoms with Gasteiger partial charge < -0.3 is 19.5 Å². The highest BCUT2D eigenvalue weighted by atomic mass is 16.5. The molecule has 0 saturated carbocycles. The lowest BCUT2D eigenvalue weighted by Crippen LogP contribution is -2.30. The van der Waals surface area contributed by atoms with Crippen molar-refractivity contribution in [2.45, 2.75) is 65.2 Å². The minimum atomic E-state index is -0.671. The third kappa shape index (κ3) is 4.47. The van der Waals surface area contributed by atoms with Crippen LogP contribution in [0.15, 0.2) is 48.0 Å². The highest BCUT2D eigenvalue weighted by Gasteiger charge is 2.46. The molecule has 6 heteroatoms. The van der Waals surface area contributed by atoms with Crippen LogP contribution >= 0.6 is 0 Å². The summed E-state index contributed by atoms with van der Waals surface area (Å²) in [6, 6.07) is 12.1. The number of hydrogen-bond donors (Lipinski definition) is 1. The summed E-state index contributed by atoms with van der Waals surface area (Å²) in [7, 11) is 0. The lowest BCUT2D eigenvalue weighted by molar-refractivity contribution is -0.139. The van der Waals surface area contributed by atoms with E-state index in [0.29, 0.717) is 17.9 Å². The van der Waals surface area contributed by atoms with Gasteiger partial charge in [0.25, 0.3) is 11.7 Å². The van der Waals surface area contributed by atoms with Crippen LogP contribution in [-0.2, 0) is 16.0 Å². The number of aliphatic hydroxyl groups is 1. The number of nitrogens with zero attached hydrogens (tertiary/aromatic N) is 1. The lowest BCUT2D eigenvalue weighted by Gasteiger charge is -2.25. The van der Waals surface area contributed by atoms with Crippen molar-refractivity contribution in [1.82, 2.24) is 4.90 Å². The number of carbonyl (C=O) groups excluding carboxylic acids is 2. The fraction of sp³-hybridized carbons (Fsp3) is 0.407. The fourth-order valence-corrected chi connectivity index (χ4v) is 4.54. The summed E-state index contributed by atoms with van der Waals surface area (Å²) in [5, 5.41) is 11.3. The number of fused-ring (bicyclic) bond motifs is 1. The van der Waals surface area contributed by atoms with Gasteiger partial charge in [0, 0.05) is 18.5 Å². The Morgan fingerprint density at radius 3 is 2.73 bits per heavy atom. The van der Waals surface area contributed by atoms with Crippen molar-refractivity contribution in [3.8, 4) is 11.5 Å². The van der Waals surface area contributed by atoms with Crippen LogP contribution in [0.3, 0.4) is 0 Å². The maximum atomic E-state index is 13.2. The minimum Gasteiger partial charge on any atom is -0.507 e. The molecule has 2 aliphatic heterocycles. The number of amides is 1. The molecule has 2 aliphatic rings. The Hall–Kier alpha value is -3.28. The van der Waals surface area contributed by atoms with E-state index in [1.807, 2.05) is 64.1 Å². The van der Waals surface area contributed by atoms with Crippen LogP contribution in [-0.4, -0.2) is 40.4 Å². The van der Waals surface area contributed by atoms with Crippen LogP contribution in [0.1, 0.15) is 63.3 Å². The molecule has 6 nitrogen and oxygen atoms in total. The molecule has 1 fully saturated rings. The van der Waals surface area contributed by atoms with Crippen molar-refractivity contribution in [2.75, 3.05) is 6.54 Å². The van der Waals surface area contributed by atoms with Crippen molar-refractivity contribution in [1.29, 1.82) is 0 Å². The van der Waals surface area contributed by atoms with Crippen LogP contribution < -0.4 is 9.47 Å². The molecule has 0 bridgehead atoms. The van der Waals surface area contributed by atoms with E-state index in [9.17, 15) is 14.7 Å². The van der Waals surface area contributed by atoms with Crippen molar-refractivity contribution in [2.24, 2.45) is 0 Å². The van der Waals surface area contributed by atoms with Crippen LogP contribution in [0, 0.1) is 0 Å². The lowest BCUT2D eigenvalue weighted by atomic mass is 9.94. The van der Waals surface area contributed by atoms with Gasteiger partial charge in [0.15, 0.2) is 0 Å². The van der Waals surface area contributed by atoms with Crippen molar-refractivity contribution in [3.63, 3.8) is 0 Å². The van der Waals surface area contributed by atoms with E-state index in [0.717, 1.165) is 36.1 Å². The molecule has 4 rings (SSSR count). The summed E-state index contributed by atoms with van der Waals surface area (Å²) in [6.45, 7) is 8.35. The van der Waals surface area contributed by atoms with Gasteiger partial charge in [0.05, 0.1) is 17.7 Å². The van der Waals surface area contributed by atoms with E-state index >= 15 is 0 Å². The van der Waals surface area contributed by atoms with E-state index in [1.165, 1.54) is 0 Å². The molecule has 1 amide bonds. The zero-order chi connectivity index (χ0) is 23.7. The normalized spacial score (nSPS) is 21.4. The second kappa shape index (κ2) is 9.30. The van der Waals surface area contributed by atoms with E-state index < -0.39 is 17.7 Å². The molecule has 0 aromatic heterocycles. The molecule has 174 valence electrons. The number of rotatable bonds is 7. The van der Waals surface area contributed by atoms with Gasteiger partial charge in [-0.15, -0.1) is 0 Å². The first-order chi connectivity index (χ1) is 15.8. The smallest absolute Gasteiger partial charge is 0.295 e. The average molecular weight is 450 g/mol. The highest BCUT2D eigenvalue weighted by Crippen LogP contribution is 2.41. The largest absolute Gasteiger partial charge is 0.507 e.